The normalized spacial score (nSPS) is 17.1. The van der Waals surface area contributed by atoms with Gasteiger partial charge in [0.25, 0.3) is 0 Å². The van der Waals surface area contributed by atoms with E-state index in [-0.39, 0.29) is 0 Å². The molecule has 0 saturated carbocycles. The first-order chi connectivity index (χ1) is 23.7. The number of rotatable bonds is 3. The molecule has 1 nitrogen and oxygen atoms in total. The Labute approximate surface area is 279 Å². The molecule has 0 fully saturated rings. The van der Waals surface area contributed by atoms with E-state index in [1.807, 2.05) is 6.07 Å². The average Bonchev–Trinajstić information content (AvgIpc) is 3.52. The van der Waals surface area contributed by atoms with Crippen LogP contribution in [0.2, 0.25) is 0 Å². The molecular weight excluding hydrogens is 581 g/mol. The van der Waals surface area contributed by atoms with E-state index in [1.165, 1.54) is 54.4 Å². The number of fused-ring (bicyclic) bond motifs is 7. The van der Waals surface area contributed by atoms with Gasteiger partial charge in [-0.1, -0.05) is 158 Å². The van der Waals surface area contributed by atoms with Gasteiger partial charge in [0.1, 0.15) is 11.2 Å². The molecule has 1 aliphatic rings. The predicted octanol–water partition coefficient (Wildman–Crippen LogP) is 11.0. The molecule has 226 valence electrons. The number of hydrogen-bond donors (Lipinski definition) is 0. The Bertz CT molecular complexity index is 2750. The van der Waals surface area contributed by atoms with E-state index < -0.39 is 0 Å². The van der Waals surface area contributed by atoms with Crippen LogP contribution in [0.5, 0.6) is 0 Å². The standard InChI is InChI=1S/C47H32O/c1-31-13-3-2-4-16-37(38-17-7-9-20-41(38)46(31)36-28-23-32-14-5-6-15-35(32)29-36)33-24-26-34(27-25-33)43-30-44-40-19-11-12-22-45(40)48-47(44)42-21-10-8-18-39(42)43/h2-15,17-30H,1,16H2/b4-2-,13-3-,38-37+,46-41+. The molecule has 0 bridgehead atoms. The molecule has 48 heavy (non-hydrogen) atoms. The molecule has 7 aromatic carbocycles. The van der Waals surface area contributed by atoms with Crippen LogP contribution in [-0.2, 0) is 0 Å². The summed E-state index contributed by atoms with van der Waals surface area (Å²) in [5.41, 5.74) is 10.1. The fourth-order valence-corrected chi connectivity index (χ4v) is 7.36. The van der Waals surface area contributed by atoms with Gasteiger partial charge in [0.2, 0.25) is 0 Å². The minimum absolute atomic E-state index is 0.814. The molecule has 8 aromatic rings. The maximum Gasteiger partial charge on any atom is 0.143 e. The first kappa shape index (κ1) is 28.1. The monoisotopic (exact) mass is 612 g/mol. The summed E-state index contributed by atoms with van der Waals surface area (Å²) in [6, 6.07) is 52.4. The van der Waals surface area contributed by atoms with E-state index in [4.69, 9.17) is 4.42 Å². The second kappa shape index (κ2) is 11.6. The third-order valence-corrected chi connectivity index (χ3v) is 9.68. The summed E-state index contributed by atoms with van der Waals surface area (Å²) in [5, 5.41) is 9.50. The summed E-state index contributed by atoms with van der Waals surface area (Å²) in [5.74, 6) is 0. The predicted molar refractivity (Wildman–Crippen MR) is 203 cm³/mol. The molecule has 0 radical (unpaired) electrons. The summed E-state index contributed by atoms with van der Waals surface area (Å²) in [7, 11) is 0. The lowest BCUT2D eigenvalue weighted by molar-refractivity contribution is 0.672. The van der Waals surface area contributed by atoms with Gasteiger partial charge in [0, 0.05) is 16.2 Å². The largest absolute Gasteiger partial charge is 0.455 e. The van der Waals surface area contributed by atoms with Crippen molar-refractivity contribution in [3.63, 3.8) is 0 Å². The zero-order valence-corrected chi connectivity index (χ0v) is 26.5. The SMILES string of the molecule is C=C1/C=C\C=C/C/C(c2ccc(-c3cc4c5ccccc5oc4c4ccccc34)cc2)=c2/cccc/c2=C/1c1ccc2ccccc2c1. The smallest absolute Gasteiger partial charge is 0.143 e. The van der Waals surface area contributed by atoms with Crippen LogP contribution in [0.1, 0.15) is 17.5 Å². The lowest BCUT2D eigenvalue weighted by atomic mass is 9.90. The van der Waals surface area contributed by atoms with Gasteiger partial charge < -0.3 is 4.42 Å². The van der Waals surface area contributed by atoms with Crippen LogP contribution in [0.25, 0.3) is 65.8 Å². The maximum absolute atomic E-state index is 6.38. The zero-order valence-electron chi connectivity index (χ0n) is 26.5. The van der Waals surface area contributed by atoms with Gasteiger partial charge in [-0.2, -0.15) is 0 Å². The van der Waals surface area contributed by atoms with Crippen LogP contribution in [0.3, 0.4) is 0 Å². The lowest BCUT2D eigenvalue weighted by Crippen LogP contribution is -2.30. The Morgan fingerprint density at radius 3 is 2.02 bits per heavy atom. The number of hydrogen-bond acceptors (Lipinski definition) is 1. The van der Waals surface area contributed by atoms with Gasteiger partial charge in [-0.25, -0.2) is 0 Å². The molecule has 1 heterocycles. The Kier molecular flexibility index (Phi) is 6.76. The molecule has 1 aliphatic carbocycles. The van der Waals surface area contributed by atoms with Crippen LogP contribution in [0.15, 0.2) is 186 Å². The Morgan fingerprint density at radius 1 is 0.500 bits per heavy atom. The summed E-state index contributed by atoms with van der Waals surface area (Å²) in [6.45, 7) is 4.56. The highest BCUT2D eigenvalue weighted by atomic mass is 16.3. The molecule has 0 aliphatic heterocycles. The van der Waals surface area contributed by atoms with E-state index in [9.17, 15) is 0 Å². The van der Waals surface area contributed by atoms with E-state index in [1.54, 1.807) is 0 Å². The van der Waals surface area contributed by atoms with Crippen LogP contribution in [-0.4, -0.2) is 0 Å². The Hall–Kier alpha value is -6.18. The van der Waals surface area contributed by atoms with Gasteiger partial charge in [-0.15, -0.1) is 0 Å². The van der Waals surface area contributed by atoms with Crippen molar-refractivity contribution in [2.24, 2.45) is 0 Å². The van der Waals surface area contributed by atoms with Gasteiger partial charge in [-0.05, 0) is 90.2 Å². The number of para-hydroxylation sites is 1. The quantitative estimate of drug-likeness (QED) is 0.193. The molecule has 0 spiro atoms. The summed E-state index contributed by atoms with van der Waals surface area (Å²) >= 11 is 0. The van der Waals surface area contributed by atoms with E-state index in [0.717, 1.165) is 44.9 Å². The molecule has 0 atom stereocenters. The van der Waals surface area contributed by atoms with Crippen LogP contribution >= 0.6 is 0 Å². The number of furan rings is 1. The van der Waals surface area contributed by atoms with Crippen molar-refractivity contribution in [2.45, 2.75) is 6.42 Å². The second-order valence-corrected chi connectivity index (χ2v) is 12.5. The Balaban J connectivity index is 1.26. The molecule has 9 rings (SSSR count). The first-order valence-corrected chi connectivity index (χ1v) is 16.5. The molecule has 1 aromatic heterocycles. The topological polar surface area (TPSA) is 13.1 Å². The first-order valence-electron chi connectivity index (χ1n) is 16.5. The summed E-state index contributed by atoms with van der Waals surface area (Å²) < 4.78 is 6.38. The van der Waals surface area contributed by atoms with Crippen molar-refractivity contribution in [3.05, 3.63) is 204 Å². The Morgan fingerprint density at radius 2 is 1.17 bits per heavy atom. The van der Waals surface area contributed by atoms with Crippen molar-refractivity contribution in [1.29, 1.82) is 0 Å². The highest BCUT2D eigenvalue weighted by Gasteiger charge is 2.15. The molecule has 1 heteroatoms. The van der Waals surface area contributed by atoms with E-state index in [2.05, 4.69) is 170 Å². The highest BCUT2D eigenvalue weighted by Crippen LogP contribution is 2.40. The van der Waals surface area contributed by atoms with Crippen molar-refractivity contribution in [2.75, 3.05) is 0 Å². The minimum atomic E-state index is 0.814. The van der Waals surface area contributed by atoms with Crippen LogP contribution in [0, 0.1) is 0 Å². The van der Waals surface area contributed by atoms with Crippen molar-refractivity contribution in [1.82, 2.24) is 0 Å². The van der Waals surface area contributed by atoms with E-state index in [0.29, 0.717) is 0 Å². The molecule has 0 amide bonds. The minimum Gasteiger partial charge on any atom is -0.455 e. The van der Waals surface area contributed by atoms with Gasteiger partial charge in [0.05, 0.1) is 0 Å². The summed E-state index contributed by atoms with van der Waals surface area (Å²) in [4.78, 5) is 0. The van der Waals surface area contributed by atoms with Crippen molar-refractivity contribution >= 4 is 54.6 Å². The summed E-state index contributed by atoms with van der Waals surface area (Å²) in [6.07, 6.45) is 9.44. The van der Waals surface area contributed by atoms with Crippen LogP contribution < -0.4 is 10.4 Å². The maximum atomic E-state index is 6.38. The van der Waals surface area contributed by atoms with Crippen molar-refractivity contribution in [3.8, 4) is 11.1 Å². The molecule has 0 unspecified atom stereocenters. The van der Waals surface area contributed by atoms with Gasteiger partial charge in [-0.3, -0.25) is 0 Å². The highest BCUT2D eigenvalue weighted by molar-refractivity contribution is 6.19. The lowest BCUT2D eigenvalue weighted by Gasteiger charge is -2.14. The molecule has 0 saturated heterocycles. The van der Waals surface area contributed by atoms with Crippen molar-refractivity contribution < 1.29 is 4.42 Å². The molecule has 0 N–H and O–H groups in total. The number of benzene rings is 7. The molecular formula is C47H32O. The fraction of sp³-hybridized carbons (Fsp3) is 0.0213. The number of allylic oxidation sites excluding steroid dienone is 5. The third-order valence-electron chi connectivity index (χ3n) is 9.68. The van der Waals surface area contributed by atoms with Crippen LogP contribution in [0.4, 0.5) is 0 Å². The average molecular weight is 613 g/mol. The fourth-order valence-electron chi connectivity index (χ4n) is 7.36. The third kappa shape index (κ3) is 4.71. The van der Waals surface area contributed by atoms with Gasteiger partial charge in [0.15, 0.2) is 0 Å². The van der Waals surface area contributed by atoms with E-state index >= 15 is 0 Å². The van der Waals surface area contributed by atoms with Gasteiger partial charge >= 0.3 is 0 Å². The second-order valence-electron chi connectivity index (χ2n) is 12.5. The zero-order chi connectivity index (χ0) is 32.0.